The fourth-order valence-corrected chi connectivity index (χ4v) is 3.40. The Labute approximate surface area is 148 Å². The molecule has 3 rings (SSSR count). The highest BCUT2D eigenvalue weighted by Crippen LogP contribution is 2.32. The van der Waals surface area contributed by atoms with Crippen molar-refractivity contribution in [2.45, 2.75) is 25.8 Å². The zero-order chi connectivity index (χ0) is 17.8. The van der Waals surface area contributed by atoms with Gasteiger partial charge in [0, 0.05) is 6.20 Å². The molecular weight excluding hydrogens is 316 g/mol. The second kappa shape index (κ2) is 7.66. The monoisotopic (exact) mass is 340 g/mol. The maximum absolute atomic E-state index is 11.2. The van der Waals surface area contributed by atoms with Crippen LogP contribution in [0.2, 0.25) is 0 Å². The Morgan fingerprint density at radius 1 is 1.20 bits per heavy atom. The number of carbonyl (C=O) groups is 1. The number of rotatable bonds is 5. The number of aryl methyl sites for hydroxylation is 1. The van der Waals surface area contributed by atoms with Gasteiger partial charge >= 0.3 is 5.97 Å². The normalized spacial score (nSPS) is 17.2. The van der Waals surface area contributed by atoms with E-state index in [1.165, 1.54) is 0 Å². The third kappa shape index (κ3) is 3.99. The molecule has 0 saturated carbocycles. The SMILES string of the molecule is COc1ccc(C(c2ccc(C)cn2)N2CCC(C(=O)O)CC2)cc1. The molecule has 0 bridgehead atoms. The fourth-order valence-electron chi connectivity index (χ4n) is 3.40. The number of likely N-dealkylation sites (tertiary alicyclic amines) is 1. The number of ether oxygens (including phenoxy) is 1. The highest BCUT2D eigenvalue weighted by Gasteiger charge is 2.30. The smallest absolute Gasteiger partial charge is 0.306 e. The van der Waals surface area contributed by atoms with E-state index in [1.807, 2.05) is 25.3 Å². The molecule has 1 aliphatic heterocycles. The summed E-state index contributed by atoms with van der Waals surface area (Å²) in [5.74, 6) is -0.100. The Morgan fingerprint density at radius 2 is 1.88 bits per heavy atom. The number of piperidine rings is 1. The van der Waals surface area contributed by atoms with Gasteiger partial charge in [-0.25, -0.2) is 0 Å². The first-order chi connectivity index (χ1) is 12.1. The van der Waals surface area contributed by atoms with Gasteiger partial charge in [-0.15, -0.1) is 0 Å². The van der Waals surface area contributed by atoms with E-state index in [4.69, 9.17) is 4.74 Å². The lowest BCUT2D eigenvalue weighted by atomic mass is 9.93. The van der Waals surface area contributed by atoms with Crippen molar-refractivity contribution >= 4 is 5.97 Å². The lowest BCUT2D eigenvalue weighted by molar-refractivity contribution is -0.143. The first kappa shape index (κ1) is 17.4. The van der Waals surface area contributed by atoms with Crippen LogP contribution < -0.4 is 4.74 Å². The summed E-state index contributed by atoms with van der Waals surface area (Å²) in [6.07, 6.45) is 3.23. The van der Waals surface area contributed by atoms with Crippen molar-refractivity contribution in [1.29, 1.82) is 0 Å². The first-order valence-electron chi connectivity index (χ1n) is 8.62. The molecule has 2 heterocycles. The molecule has 5 nitrogen and oxygen atoms in total. The second-order valence-corrected chi connectivity index (χ2v) is 6.58. The van der Waals surface area contributed by atoms with Gasteiger partial charge in [0.1, 0.15) is 5.75 Å². The van der Waals surface area contributed by atoms with E-state index in [1.54, 1.807) is 7.11 Å². The second-order valence-electron chi connectivity index (χ2n) is 6.58. The molecule has 1 aromatic heterocycles. The third-order valence-electron chi connectivity index (χ3n) is 4.89. The zero-order valence-corrected chi connectivity index (χ0v) is 14.7. The molecule has 5 heteroatoms. The topological polar surface area (TPSA) is 62.7 Å². The number of methoxy groups -OCH3 is 1. The summed E-state index contributed by atoms with van der Waals surface area (Å²) in [5.41, 5.74) is 3.26. The number of hydrogen-bond donors (Lipinski definition) is 1. The van der Waals surface area contributed by atoms with Crippen LogP contribution in [-0.2, 0) is 4.79 Å². The van der Waals surface area contributed by atoms with E-state index in [0.717, 1.165) is 35.7 Å². The molecule has 0 spiro atoms. The molecular formula is C20H24N2O3. The molecule has 2 aromatic rings. The first-order valence-corrected chi connectivity index (χ1v) is 8.62. The fraction of sp³-hybridized carbons (Fsp3) is 0.400. The quantitative estimate of drug-likeness (QED) is 0.905. The number of pyridine rings is 1. The van der Waals surface area contributed by atoms with Gasteiger partial charge < -0.3 is 9.84 Å². The van der Waals surface area contributed by atoms with Gasteiger partial charge in [-0.05, 0) is 62.2 Å². The Balaban J connectivity index is 1.89. The number of hydrogen-bond acceptors (Lipinski definition) is 4. The van der Waals surface area contributed by atoms with E-state index < -0.39 is 5.97 Å². The minimum Gasteiger partial charge on any atom is -0.497 e. The van der Waals surface area contributed by atoms with Crippen molar-refractivity contribution in [3.05, 3.63) is 59.4 Å². The average molecular weight is 340 g/mol. The summed E-state index contributed by atoms with van der Waals surface area (Å²) in [7, 11) is 1.66. The summed E-state index contributed by atoms with van der Waals surface area (Å²) < 4.78 is 5.26. The van der Waals surface area contributed by atoms with E-state index >= 15 is 0 Å². The van der Waals surface area contributed by atoms with E-state index in [9.17, 15) is 9.90 Å². The summed E-state index contributed by atoms with van der Waals surface area (Å²) in [6, 6.07) is 12.2. The molecule has 1 aliphatic rings. The molecule has 0 amide bonds. The van der Waals surface area contributed by atoms with Gasteiger partial charge in [0.15, 0.2) is 0 Å². The lowest BCUT2D eigenvalue weighted by Gasteiger charge is -2.36. The number of benzene rings is 1. The van der Waals surface area contributed by atoms with E-state index in [0.29, 0.717) is 12.8 Å². The number of aliphatic carboxylic acids is 1. The van der Waals surface area contributed by atoms with Crippen molar-refractivity contribution < 1.29 is 14.6 Å². The number of aromatic nitrogens is 1. The predicted octanol–water partition coefficient (Wildman–Crippen LogP) is 3.28. The summed E-state index contributed by atoms with van der Waals surface area (Å²) in [5, 5.41) is 9.24. The maximum Gasteiger partial charge on any atom is 0.306 e. The minimum absolute atomic E-state index is 0.0289. The number of carboxylic acids is 1. The van der Waals surface area contributed by atoms with E-state index in [-0.39, 0.29) is 12.0 Å². The van der Waals surface area contributed by atoms with Crippen LogP contribution in [-0.4, -0.2) is 41.2 Å². The van der Waals surface area contributed by atoms with Gasteiger partial charge in [0.25, 0.3) is 0 Å². The van der Waals surface area contributed by atoms with Gasteiger partial charge in [0.05, 0.1) is 24.8 Å². The average Bonchev–Trinajstić information content (AvgIpc) is 2.64. The van der Waals surface area contributed by atoms with Crippen molar-refractivity contribution in [2.75, 3.05) is 20.2 Å². The molecule has 1 unspecified atom stereocenters. The Morgan fingerprint density at radius 3 is 2.40 bits per heavy atom. The molecule has 0 radical (unpaired) electrons. The van der Waals surface area contributed by atoms with Crippen LogP contribution in [0.15, 0.2) is 42.6 Å². The molecule has 1 fully saturated rings. The van der Waals surface area contributed by atoms with E-state index in [2.05, 4.69) is 34.1 Å². The van der Waals surface area contributed by atoms with Crippen molar-refractivity contribution in [2.24, 2.45) is 5.92 Å². The molecule has 132 valence electrons. The summed E-state index contributed by atoms with van der Waals surface area (Å²) >= 11 is 0. The minimum atomic E-state index is -0.686. The molecule has 1 saturated heterocycles. The van der Waals surface area contributed by atoms with Crippen LogP contribution in [0.25, 0.3) is 0 Å². The van der Waals surface area contributed by atoms with Crippen LogP contribution in [0, 0.1) is 12.8 Å². The predicted molar refractivity (Wildman–Crippen MR) is 95.7 cm³/mol. The largest absolute Gasteiger partial charge is 0.497 e. The molecule has 1 N–H and O–H groups in total. The van der Waals surface area contributed by atoms with Crippen molar-refractivity contribution in [3.8, 4) is 5.75 Å². The molecule has 1 aromatic carbocycles. The Bertz CT molecular complexity index is 705. The number of carboxylic acid groups (broad SMARTS) is 1. The maximum atomic E-state index is 11.2. The van der Waals surface area contributed by atoms with Crippen LogP contribution in [0.5, 0.6) is 5.75 Å². The van der Waals surface area contributed by atoms with Gasteiger partial charge in [-0.2, -0.15) is 0 Å². The number of nitrogens with zero attached hydrogens (tertiary/aromatic N) is 2. The Kier molecular flexibility index (Phi) is 5.34. The summed E-state index contributed by atoms with van der Waals surface area (Å²) in [4.78, 5) is 18.2. The molecule has 25 heavy (non-hydrogen) atoms. The van der Waals surface area contributed by atoms with Crippen LogP contribution >= 0.6 is 0 Å². The summed E-state index contributed by atoms with van der Waals surface area (Å²) in [6.45, 7) is 3.53. The van der Waals surface area contributed by atoms with Crippen LogP contribution in [0.1, 0.15) is 35.7 Å². The van der Waals surface area contributed by atoms with Crippen LogP contribution in [0.4, 0.5) is 0 Å². The van der Waals surface area contributed by atoms with Gasteiger partial charge in [-0.3, -0.25) is 14.7 Å². The highest BCUT2D eigenvalue weighted by molar-refractivity contribution is 5.70. The zero-order valence-electron chi connectivity index (χ0n) is 14.7. The standard InChI is InChI=1S/C20H24N2O3/c1-14-3-8-18(21-13-14)19(15-4-6-17(25-2)7-5-15)22-11-9-16(10-12-22)20(23)24/h3-8,13,16,19H,9-12H2,1-2H3,(H,23,24). The highest BCUT2D eigenvalue weighted by atomic mass is 16.5. The van der Waals surface area contributed by atoms with Crippen molar-refractivity contribution in [3.63, 3.8) is 0 Å². The third-order valence-corrected chi connectivity index (χ3v) is 4.89. The molecule has 0 aliphatic carbocycles. The Hall–Kier alpha value is -2.40. The lowest BCUT2D eigenvalue weighted by Crippen LogP contribution is -2.39. The van der Waals surface area contributed by atoms with Gasteiger partial charge in [-0.1, -0.05) is 18.2 Å². The van der Waals surface area contributed by atoms with Gasteiger partial charge in [0.2, 0.25) is 0 Å². The van der Waals surface area contributed by atoms with Crippen LogP contribution in [0.3, 0.4) is 0 Å². The van der Waals surface area contributed by atoms with Crippen molar-refractivity contribution in [1.82, 2.24) is 9.88 Å². The molecule has 1 atom stereocenters.